The lowest BCUT2D eigenvalue weighted by Crippen LogP contribution is -2.31. The van der Waals surface area contributed by atoms with Crippen LogP contribution in [0.2, 0.25) is 0 Å². The summed E-state index contributed by atoms with van der Waals surface area (Å²) in [5, 5.41) is 5.53. The summed E-state index contributed by atoms with van der Waals surface area (Å²) < 4.78 is 51.6. The Hall–Kier alpha value is -1.63. The van der Waals surface area contributed by atoms with Crippen LogP contribution < -0.4 is 10.6 Å². The SMILES string of the molecule is O=C(Nc1cc(C(F)(F)F)ccc1F)C1CC12CCNCC2. The number of halogens is 4. The maximum absolute atomic E-state index is 13.6. The molecule has 1 aliphatic heterocycles. The van der Waals surface area contributed by atoms with Crippen molar-refractivity contribution in [2.75, 3.05) is 18.4 Å². The van der Waals surface area contributed by atoms with Crippen molar-refractivity contribution in [2.24, 2.45) is 11.3 Å². The van der Waals surface area contributed by atoms with Gasteiger partial charge in [0, 0.05) is 5.92 Å². The van der Waals surface area contributed by atoms with E-state index < -0.39 is 23.2 Å². The van der Waals surface area contributed by atoms with Gasteiger partial charge >= 0.3 is 6.18 Å². The number of anilines is 1. The number of nitrogens with one attached hydrogen (secondary N) is 2. The van der Waals surface area contributed by atoms with Crippen LogP contribution in [0.3, 0.4) is 0 Å². The van der Waals surface area contributed by atoms with Crippen LogP contribution in [0.5, 0.6) is 0 Å². The number of amides is 1. The van der Waals surface area contributed by atoms with Crippen molar-refractivity contribution >= 4 is 11.6 Å². The Labute approximate surface area is 125 Å². The molecule has 1 heterocycles. The molecule has 2 fully saturated rings. The molecule has 3 rings (SSSR count). The van der Waals surface area contributed by atoms with Gasteiger partial charge in [0.15, 0.2) is 0 Å². The first-order valence-corrected chi connectivity index (χ1v) is 7.20. The zero-order chi connectivity index (χ0) is 16.0. The third kappa shape index (κ3) is 2.82. The van der Waals surface area contributed by atoms with E-state index in [0.29, 0.717) is 12.1 Å². The number of carbonyl (C=O) groups is 1. The van der Waals surface area contributed by atoms with Crippen LogP contribution in [0.15, 0.2) is 18.2 Å². The highest BCUT2D eigenvalue weighted by Crippen LogP contribution is 2.58. The molecule has 1 amide bonds. The third-order valence-electron chi connectivity index (χ3n) is 4.66. The average molecular weight is 316 g/mol. The molecule has 1 aromatic carbocycles. The van der Waals surface area contributed by atoms with Crippen molar-refractivity contribution in [1.82, 2.24) is 5.32 Å². The Kier molecular flexibility index (Phi) is 3.63. The number of benzene rings is 1. The van der Waals surface area contributed by atoms with Crippen LogP contribution in [-0.4, -0.2) is 19.0 Å². The van der Waals surface area contributed by atoms with Crippen molar-refractivity contribution in [3.63, 3.8) is 0 Å². The van der Waals surface area contributed by atoms with Gasteiger partial charge in [-0.3, -0.25) is 4.79 Å². The minimum absolute atomic E-state index is 0.0482. The van der Waals surface area contributed by atoms with Gasteiger partial charge in [-0.1, -0.05) is 0 Å². The Morgan fingerprint density at radius 3 is 2.59 bits per heavy atom. The van der Waals surface area contributed by atoms with Crippen LogP contribution in [0.25, 0.3) is 0 Å². The van der Waals surface area contributed by atoms with E-state index in [1.807, 2.05) is 0 Å². The third-order valence-corrected chi connectivity index (χ3v) is 4.66. The fraction of sp³-hybridized carbons (Fsp3) is 0.533. The Bertz CT molecular complexity index is 594. The molecule has 22 heavy (non-hydrogen) atoms. The predicted octanol–water partition coefficient (Wildman–Crippen LogP) is 3.17. The highest BCUT2D eigenvalue weighted by molar-refractivity contribution is 5.95. The first-order chi connectivity index (χ1) is 10.3. The largest absolute Gasteiger partial charge is 0.416 e. The lowest BCUT2D eigenvalue weighted by Gasteiger charge is -2.23. The van der Waals surface area contributed by atoms with Gasteiger partial charge in [-0.05, 0) is 56.0 Å². The zero-order valence-corrected chi connectivity index (χ0v) is 11.8. The van der Waals surface area contributed by atoms with Crippen molar-refractivity contribution in [1.29, 1.82) is 0 Å². The van der Waals surface area contributed by atoms with Gasteiger partial charge in [0.1, 0.15) is 5.82 Å². The van der Waals surface area contributed by atoms with Crippen LogP contribution in [-0.2, 0) is 11.0 Å². The molecule has 1 aromatic rings. The fourth-order valence-electron chi connectivity index (χ4n) is 3.21. The maximum Gasteiger partial charge on any atom is 0.416 e. The van der Waals surface area contributed by atoms with Crippen molar-refractivity contribution < 1.29 is 22.4 Å². The van der Waals surface area contributed by atoms with Crippen molar-refractivity contribution in [3.05, 3.63) is 29.6 Å². The van der Waals surface area contributed by atoms with Gasteiger partial charge in [-0.15, -0.1) is 0 Å². The molecule has 2 N–H and O–H groups in total. The highest BCUT2D eigenvalue weighted by atomic mass is 19.4. The number of alkyl halides is 3. The van der Waals surface area contributed by atoms with Crippen LogP contribution in [0.4, 0.5) is 23.2 Å². The summed E-state index contributed by atoms with van der Waals surface area (Å²) >= 11 is 0. The number of hydrogen-bond donors (Lipinski definition) is 2. The van der Waals surface area contributed by atoms with Crippen molar-refractivity contribution in [2.45, 2.75) is 25.4 Å². The average Bonchev–Trinajstić information content (AvgIpc) is 3.14. The smallest absolute Gasteiger partial charge is 0.323 e. The van der Waals surface area contributed by atoms with E-state index in [9.17, 15) is 22.4 Å². The minimum atomic E-state index is -4.57. The van der Waals surface area contributed by atoms with Gasteiger partial charge in [0.25, 0.3) is 0 Å². The quantitative estimate of drug-likeness (QED) is 0.823. The van der Waals surface area contributed by atoms with Gasteiger partial charge in [0.2, 0.25) is 5.91 Å². The van der Waals surface area contributed by atoms with E-state index in [0.717, 1.165) is 38.4 Å². The minimum Gasteiger partial charge on any atom is -0.323 e. The van der Waals surface area contributed by atoms with E-state index in [4.69, 9.17) is 0 Å². The molecule has 0 aromatic heterocycles. The summed E-state index contributed by atoms with van der Waals surface area (Å²) in [6.45, 7) is 1.67. The molecule has 7 heteroatoms. The summed E-state index contributed by atoms with van der Waals surface area (Å²) in [6.07, 6.45) is -2.10. The lowest BCUT2D eigenvalue weighted by molar-refractivity contribution is -0.137. The summed E-state index contributed by atoms with van der Waals surface area (Å²) in [6, 6.07) is 2.03. The molecule has 120 valence electrons. The molecule has 1 spiro atoms. The molecule has 1 saturated heterocycles. The second kappa shape index (κ2) is 5.22. The second-order valence-electron chi connectivity index (χ2n) is 6.05. The Morgan fingerprint density at radius 1 is 1.27 bits per heavy atom. The summed E-state index contributed by atoms with van der Waals surface area (Å²) in [4.78, 5) is 12.2. The highest BCUT2D eigenvalue weighted by Gasteiger charge is 2.57. The summed E-state index contributed by atoms with van der Waals surface area (Å²) in [5.74, 6) is -1.48. The van der Waals surface area contributed by atoms with E-state index in [1.165, 1.54) is 0 Å². The topological polar surface area (TPSA) is 41.1 Å². The summed E-state index contributed by atoms with van der Waals surface area (Å²) in [7, 11) is 0. The van der Waals surface area contributed by atoms with E-state index in [-0.39, 0.29) is 17.2 Å². The summed E-state index contributed by atoms with van der Waals surface area (Å²) in [5.41, 5.74) is -1.43. The number of rotatable bonds is 2. The number of piperidine rings is 1. The van der Waals surface area contributed by atoms with Gasteiger partial charge in [-0.25, -0.2) is 4.39 Å². The molecule has 3 nitrogen and oxygen atoms in total. The molecular weight excluding hydrogens is 300 g/mol. The molecule has 1 saturated carbocycles. The molecular formula is C15H16F4N2O. The first-order valence-electron chi connectivity index (χ1n) is 7.20. The normalized spacial score (nSPS) is 23.4. The predicted molar refractivity (Wildman–Crippen MR) is 72.7 cm³/mol. The maximum atomic E-state index is 13.6. The first kappa shape index (κ1) is 15.3. The standard InChI is InChI=1S/C15H16F4N2O/c16-11-2-1-9(15(17,18)19)7-12(11)21-13(22)10-8-14(10)3-5-20-6-4-14/h1-2,7,10,20H,3-6,8H2,(H,21,22). The molecule has 1 aliphatic carbocycles. The van der Waals surface area contributed by atoms with Gasteiger partial charge in [0.05, 0.1) is 11.3 Å². The Balaban J connectivity index is 1.72. The fourth-order valence-corrected chi connectivity index (χ4v) is 3.21. The monoisotopic (exact) mass is 316 g/mol. The Morgan fingerprint density at radius 2 is 1.95 bits per heavy atom. The second-order valence-corrected chi connectivity index (χ2v) is 6.05. The van der Waals surface area contributed by atoms with Gasteiger partial charge < -0.3 is 10.6 Å². The van der Waals surface area contributed by atoms with Crippen LogP contribution in [0.1, 0.15) is 24.8 Å². The zero-order valence-electron chi connectivity index (χ0n) is 11.8. The van der Waals surface area contributed by atoms with Crippen molar-refractivity contribution in [3.8, 4) is 0 Å². The molecule has 0 bridgehead atoms. The van der Waals surface area contributed by atoms with E-state index in [1.54, 1.807) is 0 Å². The van der Waals surface area contributed by atoms with Gasteiger partial charge in [-0.2, -0.15) is 13.2 Å². The molecule has 2 aliphatic rings. The molecule has 1 unspecified atom stereocenters. The molecule has 1 atom stereocenters. The van der Waals surface area contributed by atoms with Crippen LogP contribution >= 0.6 is 0 Å². The van der Waals surface area contributed by atoms with Crippen LogP contribution in [0, 0.1) is 17.2 Å². The number of carbonyl (C=O) groups excluding carboxylic acids is 1. The van der Waals surface area contributed by atoms with E-state index in [2.05, 4.69) is 10.6 Å². The molecule has 0 radical (unpaired) electrons. The number of hydrogen-bond acceptors (Lipinski definition) is 2. The lowest BCUT2D eigenvalue weighted by atomic mass is 9.92. The van der Waals surface area contributed by atoms with E-state index >= 15 is 0 Å².